The first kappa shape index (κ1) is 23.8. The molecule has 0 aliphatic carbocycles. The van der Waals surface area contributed by atoms with Gasteiger partial charge in [0.05, 0.1) is 18.6 Å². The van der Waals surface area contributed by atoms with Crippen LogP contribution in [0.25, 0.3) is 11.1 Å². The van der Waals surface area contributed by atoms with Crippen molar-refractivity contribution in [3.8, 4) is 16.9 Å². The lowest BCUT2D eigenvalue weighted by atomic mass is 9.90. The minimum absolute atomic E-state index is 0.104. The van der Waals surface area contributed by atoms with E-state index in [9.17, 15) is 9.59 Å². The first-order valence-corrected chi connectivity index (χ1v) is 11.3. The molecule has 172 valence electrons. The van der Waals surface area contributed by atoms with Crippen molar-refractivity contribution in [2.75, 3.05) is 33.3 Å². The molecule has 1 heterocycles. The summed E-state index contributed by atoms with van der Waals surface area (Å²) >= 11 is 0. The molecule has 3 rings (SSSR count). The van der Waals surface area contributed by atoms with Crippen LogP contribution in [0.5, 0.6) is 5.75 Å². The summed E-state index contributed by atoms with van der Waals surface area (Å²) in [5.41, 5.74) is 8.25. The molecule has 1 unspecified atom stereocenters. The number of ether oxygens (including phenoxy) is 1. The molecule has 2 aromatic carbocycles. The molecule has 1 atom stereocenters. The summed E-state index contributed by atoms with van der Waals surface area (Å²) in [6, 6.07) is 16.0. The van der Waals surface area contributed by atoms with E-state index in [2.05, 4.69) is 19.1 Å². The molecule has 1 aliphatic rings. The van der Waals surface area contributed by atoms with Crippen LogP contribution in [-0.4, -0.2) is 60.4 Å². The van der Waals surface area contributed by atoms with Gasteiger partial charge in [-0.2, -0.15) is 0 Å². The van der Waals surface area contributed by atoms with Crippen LogP contribution < -0.4 is 10.5 Å². The SMILES string of the molecule is CCCN1CCN(C(=O)C(C)(C)N)CC(Cc2ccccc2-c2ccccc2OC)C1=O. The molecule has 1 fully saturated rings. The van der Waals surface area contributed by atoms with E-state index in [0.29, 0.717) is 32.6 Å². The number of amides is 2. The average molecular weight is 438 g/mol. The molecule has 0 aromatic heterocycles. The number of hydrogen-bond donors (Lipinski definition) is 1. The number of methoxy groups -OCH3 is 1. The van der Waals surface area contributed by atoms with Crippen molar-refractivity contribution in [3.05, 3.63) is 54.1 Å². The number of rotatable bonds is 7. The van der Waals surface area contributed by atoms with E-state index in [1.54, 1.807) is 25.9 Å². The lowest BCUT2D eigenvalue weighted by molar-refractivity contribution is -0.137. The fourth-order valence-corrected chi connectivity index (χ4v) is 4.37. The van der Waals surface area contributed by atoms with Gasteiger partial charge in [0.25, 0.3) is 0 Å². The predicted molar refractivity (Wildman–Crippen MR) is 127 cm³/mol. The van der Waals surface area contributed by atoms with Gasteiger partial charge in [0.15, 0.2) is 0 Å². The zero-order valence-corrected chi connectivity index (χ0v) is 19.6. The zero-order valence-electron chi connectivity index (χ0n) is 19.6. The fraction of sp³-hybridized carbons (Fsp3) is 0.462. The van der Waals surface area contributed by atoms with Gasteiger partial charge in [0, 0.05) is 31.7 Å². The number of nitrogens with zero attached hydrogens (tertiary/aromatic N) is 2. The molecule has 1 aliphatic heterocycles. The number of benzene rings is 2. The van der Waals surface area contributed by atoms with Crippen molar-refractivity contribution in [1.29, 1.82) is 0 Å². The lowest BCUT2D eigenvalue weighted by Crippen LogP contribution is -2.52. The van der Waals surface area contributed by atoms with E-state index in [4.69, 9.17) is 10.5 Å². The fourth-order valence-electron chi connectivity index (χ4n) is 4.37. The van der Waals surface area contributed by atoms with Gasteiger partial charge in [-0.25, -0.2) is 0 Å². The highest BCUT2D eigenvalue weighted by Crippen LogP contribution is 2.33. The highest BCUT2D eigenvalue weighted by molar-refractivity contribution is 5.87. The molecule has 2 N–H and O–H groups in total. The molecule has 0 bridgehead atoms. The number of para-hydroxylation sites is 1. The molecule has 0 spiro atoms. The van der Waals surface area contributed by atoms with E-state index in [1.807, 2.05) is 41.3 Å². The summed E-state index contributed by atoms with van der Waals surface area (Å²) in [5, 5.41) is 0. The third-order valence-electron chi connectivity index (χ3n) is 5.95. The predicted octanol–water partition coefficient (Wildman–Crippen LogP) is 3.34. The Bertz CT molecular complexity index is 951. The summed E-state index contributed by atoms with van der Waals surface area (Å²) in [4.78, 5) is 30.1. The Morgan fingerprint density at radius 1 is 1.09 bits per heavy atom. The van der Waals surface area contributed by atoms with Crippen molar-refractivity contribution in [1.82, 2.24) is 9.80 Å². The highest BCUT2D eigenvalue weighted by atomic mass is 16.5. The Labute approximate surface area is 191 Å². The van der Waals surface area contributed by atoms with Crippen LogP contribution in [0.15, 0.2) is 48.5 Å². The van der Waals surface area contributed by atoms with Crippen molar-refractivity contribution in [2.24, 2.45) is 11.7 Å². The van der Waals surface area contributed by atoms with Crippen LogP contribution in [0.2, 0.25) is 0 Å². The quantitative estimate of drug-likeness (QED) is 0.721. The number of hydrogen-bond acceptors (Lipinski definition) is 4. The Kier molecular flexibility index (Phi) is 7.56. The summed E-state index contributed by atoms with van der Waals surface area (Å²) in [6.45, 7) is 7.62. The number of carbonyl (C=O) groups excluding carboxylic acids is 2. The van der Waals surface area contributed by atoms with Crippen molar-refractivity contribution in [3.63, 3.8) is 0 Å². The van der Waals surface area contributed by atoms with Gasteiger partial charge in [-0.3, -0.25) is 9.59 Å². The molecule has 2 aromatic rings. The van der Waals surface area contributed by atoms with Crippen molar-refractivity contribution in [2.45, 2.75) is 39.2 Å². The molecule has 2 amide bonds. The molecular weight excluding hydrogens is 402 g/mol. The van der Waals surface area contributed by atoms with Crippen LogP contribution >= 0.6 is 0 Å². The van der Waals surface area contributed by atoms with E-state index in [0.717, 1.165) is 28.9 Å². The highest BCUT2D eigenvalue weighted by Gasteiger charge is 2.36. The van der Waals surface area contributed by atoms with Crippen LogP contribution in [0.4, 0.5) is 0 Å². The van der Waals surface area contributed by atoms with Crippen LogP contribution in [0, 0.1) is 5.92 Å². The second kappa shape index (κ2) is 10.2. The third kappa shape index (κ3) is 5.30. The molecule has 6 heteroatoms. The van der Waals surface area contributed by atoms with Crippen LogP contribution in [0.3, 0.4) is 0 Å². The third-order valence-corrected chi connectivity index (χ3v) is 5.95. The van der Waals surface area contributed by atoms with Gasteiger partial charge < -0.3 is 20.3 Å². The molecule has 32 heavy (non-hydrogen) atoms. The first-order chi connectivity index (χ1) is 15.3. The van der Waals surface area contributed by atoms with Crippen molar-refractivity contribution < 1.29 is 14.3 Å². The normalized spacial score (nSPS) is 17.3. The lowest BCUT2D eigenvalue weighted by Gasteiger charge is -2.29. The second-order valence-electron chi connectivity index (χ2n) is 9.06. The summed E-state index contributed by atoms with van der Waals surface area (Å²) in [7, 11) is 1.66. The average Bonchev–Trinajstić information content (AvgIpc) is 2.93. The largest absolute Gasteiger partial charge is 0.496 e. The molecule has 1 saturated heterocycles. The molecule has 0 radical (unpaired) electrons. The van der Waals surface area contributed by atoms with Gasteiger partial charge in [-0.1, -0.05) is 49.4 Å². The Morgan fingerprint density at radius 2 is 1.75 bits per heavy atom. The van der Waals surface area contributed by atoms with E-state index in [1.165, 1.54) is 0 Å². The van der Waals surface area contributed by atoms with E-state index in [-0.39, 0.29) is 17.7 Å². The summed E-state index contributed by atoms with van der Waals surface area (Å²) in [5.74, 6) is 0.450. The topological polar surface area (TPSA) is 75.9 Å². The van der Waals surface area contributed by atoms with Gasteiger partial charge in [-0.05, 0) is 43.9 Å². The van der Waals surface area contributed by atoms with E-state index < -0.39 is 5.54 Å². The van der Waals surface area contributed by atoms with Crippen LogP contribution in [0.1, 0.15) is 32.8 Å². The van der Waals surface area contributed by atoms with E-state index >= 15 is 0 Å². The Hall–Kier alpha value is -2.86. The molecule has 6 nitrogen and oxygen atoms in total. The number of nitrogens with two attached hydrogens (primary N) is 1. The smallest absolute Gasteiger partial charge is 0.242 e. The molecular formula is C26H35N3O3. The Morgan fingerprint density at radius 3 is 2.41 bits per heavy atom. The minimum Gasteiger partial charge on any atom is -0.496 e. The van der Waals surface area contributed by atoms with Gasteiger partial charge >= 0.3 is 0 Å². The minimum atomic E-state index is -0.969. The second-order valence-corrected chi connectivity index (χ2v) is 9.06. The van der Waals surface area contributed by atoms with Gasteiger partial charge in [0.1, 0.15) is 5.75 Å². The van der Waals surface area contributed by atoms with Gasteiger partial charge in [0.2, 0.25) is 11.8 Å². The zero-order chi connectivity index (χ0) is 23.3. The maximum absolute atomic E-state index is 13.5. The monoisotopic (exact) mass is 437 g/mol. The first-order valence-electron chi connectivity index (χ1n) is 11.3. The Balaban J connectivity index is 1.96. The molecule has 0 saturated carbocycles. The standard InChI is InChI=1S/C26H35N3O3/c1-5-14-28-15-16-29(25(31)26(2,3)27)18-20(24(28)30)17-19-10-6-7-11-21(19)22-12-8-9-13-23(22)32-4/h6-13,20H,5,14-18,27H2,1-4H3. The maximum atomic E-state index is 13.5. The van der Waals surface area contributed by atoms with Crippen molar-refractivity contribution >= 4 is 11.8 Å². The summed E-state index contributed by atoms with van der Waals surface area (Å²) < 4.78 is 5.58. The van der Waals surface area contributed by atoms with Gasteiger partial charge in [-0.15, -0.1) is 0 Å². The van der Waals surface area contributed by atoms with Crippen LogP contribution in [-0.2, 0) is 16.0 Å². The summed E-state index contributed by atoms with van der Waals surface area (Å²) in [6.07, 6.45) is 1.43. The maximum Gasteiger partial charge on any atom is 0.242 e. The number of carbonyl (C=O) groups is 2.